The fourth-order valence-corrected chi connectivity index (χ4v) is 1.25. The van der Waals surface area contributed by atoms with Gasteiger partial charge in [0.15, 0.2) is 0 Å². The van der Waals surface area contributed by atoms with Crippen molar-refractivity contribution in [1.82, 2.24) is 0 Å². The third-order valence-electron chi connectivity index (χ3n) is 2.11. The molecule has 74 valence electrons. The molecule has 0 amide bonds. The molecule has 0 radical (unpaired) electrons. The van der Waals surface area contributed by atoms with Gasteiger partial charge in [0.2, 0.25) is 0 Å². The van der Waals surface area contributed by atoms with Gasteiger partial charge in [0.25, 0.3) is 0 Å². The first-order valence-corrected chi connectivity index (χ1v) is 4.79. The van der Waals surface area contributed by atoms with Crippen molar-refractivity contribution in [3.05, 3.63) is 0 Å². The van der Waals surface area contributed by atoms with Gasteiger partial charge in [-0.05, 0) is 32.6 Å². The molecule has 2 heteroatoms. The van der Waals surface area contributed by atoms with E-state index in [4.69, 9.17) is 5.11 Å². The van der Waals surface area contributed by atoms with Crippen LogP contribution >= 0.6 is 0 Å². The second-order valence-electron chi connectivity index (χ2n) is 4.32. The molecule has 0 aliphatic rings. The molecule has 0 aromatic heterocycles. The predicted octanol–water partition coefficient (Wildman–Crippen LogP) is 1.95. The maximum atomic E-state index is 9.41. The van der Waals surface area contributed by atoms with Crippen molar-refractivity contribution >= 4 is 0 Å². The van der Waals surface area contributed by atoms with E-state index in [1.807, 2.05) is 13.8 Å². The molecule has 0 spiro atoms. The van der Waals surface area contributed by atoms with Gasteiger partial charge in [-0.1, -0.05) is 19.8 Å². The lowest BCUT2D eigenvalue weighted by Crippen LogP contribution is -2.18. The van der Waals surface area contributed by atoms with Crippen LogP contribution in [0.2, 0.25) is 0 Å². The van der Waals surface area contributed by atoms with Gasteiger partial charge in [0.05, 0.1) is 5.60 Å². The molecular formula is C10H22O2. The largest absolute Gasteiger partial charge is 0.396 e. The van der Waals surface area contributed by atoms with E-state index in [1.54, 1.807) is 0 Å². The van der Waals surface area contributed by atoms with E-state index in [0.29, 0.717) is 5.92 Å². The average Bonchev–Trinajstić information content (AvgIpc) is 1.84. The van der Waals surface area contributed by atoms with Crippen LogP contribution in [0.3, 0.4) is 0 Å². The Hall–Kier alpha value is -0.0800. The van der Waals surface area contributed by atoms with Gasteiger partial charge in [0, 0.05) is 6.61 Å². The highest BCUT2D eigenvalue weighted by molar-refractivity contribution is 4.65. The SMILES string of the molecule is CC(CCO)CCCC(C)(C)O. The Morgan fingerprint density at radius 1 is 1.25 bits per heavy atom. The van der Waals surface area contributed by atoms with Gasteiger partial charge in [-0.15, -0.1) is 0 Å². The molecule has 1 atom stereocenters. The highest BCUT2D eigenvalue weighted by Gasteiger charge is 2.12. The fourth-order valence-electron chi connectivity index (χ4n) is 1.25. The lowest BCUT2D eigenvalue weighted by atomic mass is 9.95. The molecule has 0 fully saturated rings. The first-order chi connectivity index (χ1) is 5.45. The molecule has 0 saturated carbocycles. The summed E-state index contributed by atoms with van der Waals surface area (Å²) >= 11 is 0. The summed E-state index contributed by atoms with van der Waals surface area (Å²) in [5.74, 6) is 0.581. The normalized spacial score (nSPS) is 14.8. The third kappa shape index (κ3) is 8.02. The van der Waals surface area contributed by atoms with Crippen molar-refractivity contribution < 1.29 is 10.2 Å². The molecule has 0 aliphatic heterocycles. The van der Waals surface area contributed by atoms with Gasteiger partial charge in [-0.2, -0.15) is 0 Å². The van der Waals surface area contributed by atoms with E-state index in [-0.39, 0.29) is 6.61 Å². The summed E-state index contributed by atoms with van der Waals surface area (Å²) in [6, 6.07) is 0. The summed E-state index contributed by atoms with van der Waals surface area (Å²) in [5.41, 5.74) is -0.529. The van der Waals surface area contributed by atoms with E-state index < -0.39 is 5.60 Å². The van der Waals surface area contributed by atoms with Crippen LogP contribution in [0.5, 0.6) is 0 Å². The molecule has 0 aliphatic carbocycles. The van der Waals surface area contributed by atoms with Crippen molar-refractivity contribution in [2.45, 2.75) is 52.1 Å². The molecule has 1 unspecified atom stereocenters. The molecule has 0 rings (SSSR count). The van der Waals surface area contributed by atoms with Crippen LogP contribution in [-0.4, -0.2) is 22.4 Å². The van der Waals surface area contributed by atoms with Crippen LogP contribution in [0.25, 0.3) is 0 Å². The number of aliphatic hydroxyl groups excluding tert-OH is 1. The monoisotopic (exact) mass is 174 g/mol. The van der Waals surface area contributed by atoms with Crippen molar-refractivity contribution in [2.24, 2.45) is 5.92 Å². The van der Waals surface area contributed by atoms with Crippen LogP contribution < -0.4 is 0 Å². The zero-order valence-corrected chi connectivity index (χ0v) is 8.51. The zero-order chi connectivity index (χ0) is 9.61. The Morgan fingerprint density at radius 3 is 2.25 bits per heavy atom. The molecule has 0 heterocycles. The van der Waals surface area contributed by atoms with Crippen molar-refractivity contribution in [2.75, 3.05) is 6.61 Å². The molecule has 0 saturated heterocycles. The lowest BCUT2D eigenvalue weighted by molar-refractivity contribution is 0.0667. The van der Waals surface area contributed by atoms with Crippen LogP contribution in [0.15, 0.2) is 0 Å². The van der Waals surface area contributed by atoms with Gasteiger partial charge < -0.3 is 10.2 Å². The number of hydrogen-bond acceptors (Lipinski definition) is 2. The second-order valence-corrected chi connectivity index (χ2v) is 4.32. The van der Waals surface area contributed by atoms with Crippen molar-refractivity contribution in [3.63, 3.8) is 0 Å². The summed E-state index contributed by atoms with van der Waals surface area (Å²) in [6.45, 7) is 6.09. The van der Waals surface area contributed by atoms with Crippen molar-refractivity contribution in [3.8, 4) is 0 Å². The molecule has 0 aromatic carbocycles. The molecule has 2 nitrogen and oxygen atoms in total. The summed E-state index contributed by atoms with van der Waals surface area (Å²) in [7, 11) is 0. The number of aliphatic hydroxyl groups is 2. The summed E-state index contributed by atoms with van der Waals surface area (Å²) in [4.78, 5) is 0. The molecular weight excluding hydrogens is 152 g/mol. The van der Waals surface area contributed by atoms with Gasteiger partial charge in [-0.25, -0.2) is 0 Å². The van der Waals surface area contributed by atoms with E-state index in [0.717, 1.165) is 25.7 Å². The quantitative estimate of drug-likeness (QED) is 0.646. The lowest BCUT2D eigenvalue weighted by Gasteiger charge is -2.17. The van der Waals surface area contributed by atoms with E-state index >= 15 is 0 Å². The Bertz CT molecular complexity index is 105. The summed E-state index contributed by atoms with van der Waals surface area (Å²) < 4.78 is 0. The minimum absolute atomic E-state index is 0.281. The summed E-state index contributed by atoms with van der Waals surface area (Å²) in [5, 5.41) is 18.1. The highest BCUT2D eigenvalue weighted by Crippen LogP contribution is 2.17. The maximum Gasteiger partial charge on any atom is 0.0591 e. The smallest absolute Gasteiger partial charge is 0.0591 e. The average molecular weight is 174 g/mol. The van der Waals surface area contributed by atoms with E-state index in [9.17, 15) is 5.11 Å². The van der Waals surface area contributed by atoms with Crippen molar-refractivity contribution in [1.29, 1.82) is 0 Å². The maximum absolute atomic E-state index is 9.41. The molecule has 0 aromatic rings. The van der Waals surface area contributed by atoms with E-state index in [2.05, 4.69) is 6.92 Å². The Kier molecular flexibility index (Phi) is 5.51. The third-order valence-corrected chi connectivity index (χ3v) is 2.11. The second kappa shape index (κ2) is 5.55. The molecule has 12 heavy (non-hydrogen) atoms. The Balaban J connectivity index is 3.31. The van der Waals surface area contributed by atoms with Gasteiger partial charge in [0.1, 0.15) is 0 Å². The molecule has 2 N–H and O–H groups in total. The number of rotatable bonds is 6. The fraction of sp³-hybridized carbons (Fsp3) is 1.00. The van der Waals surface area contributed by atoms with E-state index in [1.165, 1.54) is 0 Å². The van der Waals surface area contributed by atoms with Gasteiger partial charge >= 0.3 is 0 Å². The summed E-state index contributed by atoms with van der Waals surface area (Å²) in [6.07, 6.45) is 3.88. The van der Waals surface area contributed by atoms with Crippen LogP contribution in [0.1, 0.15) is 46.5 Å². The van der Waals surface area contributed by atoms with Gasteiger partial charge in [-0.3, -0.25) is 0 Å². The number of hydrogen-bond donors (Lipinski definition) is 2. The Morgan fingerprint density at radius 2 is 1.83 bits per heavy atom. The van der Waals surface area contributed by atoms with Crippen LogP contribution in [0, 0.1) is 5.92 Å². The van der Waals surface area contributed by atoms with Crippen LogP contribution in [-0.2, 0) is 0 Å². The first-order valence-electron chi connectivity index (χ1n) is 4.79. The minimum atomic E-state index is -0.529. The van der Waals surface area contributed by atoms with Crippen LogP contribution in [0.4, 0.5) is 0 Å². The minimum Gasteiger partial charge on any atom is -0.396 e. The Labute approximate surface area is 75.6 Å². The zero-order valence-electron chi connectivity index (χ0n) is 8.51. The first kappa shape index (κ1) is 11.9. The standard InChI is InChI=1S/C10H22O2/c1-9(6-8-11)5-4-7-10(2,3)12/h9,11-12H,4-8H2,1-3H3. The highest BCUT2D eigenvalue weighted by atomic mass is 16.3. The molecule has 0 bridgehead atoms. The topological polar surface area (TPSA) is 40.5 Å². The predicted molar refractivity (Wildman–Crippen MR) is 51.0 cm³/mol.